The van der Waals surface area contributed by atoms with Crippen molar-refractivity contribution in [2.75, 3.05) is 13.1 Å². The van der Waals surface area contributed by atoms with Gasteiger partial charge in [0.05, 0.1) is 0 Å². The summed E-state index contributed by atoms with van der Waals surface area (Å²) in [6.07, 6.45) is 0.780. The molecule has 17 heavy (non-hydrogen) atoms. The maximum Gasteiger partial charge on any atom is 0.159 e. The summed E-state index contributed by atoms with van der Waals surface area (Å²) in [5.41, 5.74) is 0.862. The molecule has 0 bridgehead atoms. The normalized spacial score (nSPS) is 13.1. The van der Waals surface area contributed by atoms with Crippen molar-refractivity contribution in [2.24, 2.45) is 11.8 Å². The second-order valence-electron chi connectivity index (χ2n) is 4.76. The second-order valence-corrected chi connectivity index (χ2v) is 4.76. The van der Waals surface area contributed by atoms with Crippen LogP contribution in [0.2, 0.25) is 0 Å². The molecule has 1 N–H and O–H groups in total. The molecule has 96 valence electrons. The molecular weight excluding hydrogens is 220 g/mol. The van der Waals surface area contributed by atoms with Crippen LogP contribution in [0.3, 0.4) is 0 Å². The van der Waals surface area contributed by atoms with E-state index in [9.17, 15) is 8.78 Å². The summed E-state index contributed by atoms with van der Waals surface area (Å²) in [4.78, 5) is 0. The highest BCUT2D eigenvalue weighted by Crippen LogP contribution is 2.18. The van der Waals surface area contributed by atoms with Crippen LogP contribution in [0, 0.1) is 23.5 Å². The number of benzene rings is 1. The molecule has 1 unspecified atom stereocenters. The molecule has 1 rings (SSSR count). The Labute approximate surface area is 102 Å². The van der Waals surface area contributed by atoms with Crippen molar-refractivity contribution in [3.63, 3.8) is 0 Å². The van der Waals surface area contributed by atoms with Gasteiger partial charge in [0, 0.05) is 0 Å². The van der Waals surface area contributed by atoms with Gasteiger partial charge in [-0.15, -0.1) is 0 Å². The first-order valence-corrected chi connectivity index (χ1v) is 6.19. The van der Waals surface area contributed by atoms with Gasteiger partial charge >= 0.3 is 0 Å². The fourth-order valence-corrected chi connectivity index (χ4v) is 1.84. The Bertz CT molecular complexity index is 350. The molecular formula is C14H21F2N. The zero-order valence-corrected chi connectivity index (χ0v) is 10.8. The van der Waals surface area contributed by atoms with E-state index in [1.807, 2.05) is 0 Å². The number of halogens is 2. The molecule has 3 heteroatoms. The smallest absolute Gasteiger partial charge is 0.159 e. The summed E-state index contributed by atoms with van der Waals surface area (Å²) in [6.45, 7) is 8.22. The highest BCUT2D eigenvalue weighted by Gasteiger charge is 2.14. The number of hydrogen-bond donors (Lipinski definition) is 1. The third-order valence-corrected chi connectivity index (χ3v) is 3.08. The van der Waals surface area contributed by atoms with E-state index >= 15 is 0 Å². The van der Waals surface area contributed by atoms with Crippen molar-refractivity contribution in [3.05, 3.63) is 35.4 Å². The number of rotatable bonds is 6. The summed E-state index contributed by atoms with van der Waals surface area (Å²) in [5, 5.41) is 3.31. The van der Waals surface area contributed by atoms with E-state index in [-0.39, 0.29) is 0 Å². The number of nitrogens with one attached hydrogen (secondary N) is 1. The van der Waals surface area contributed by atoms with E-state index in [1.165, 1.54) is 12.1 Å². The molecule has 1 aromatic rings. The molecule has 0 radical (unpaired) electrons. The van der Waals surface area contributed by atoms with Gasteiger partial charge in [-0.05, 0) is 49.0 Å². The molecule has 1 aromatic carbocycles. The Morgan fingerprint density at radius 3 is 2.41 bits per heavy atom. The lowest BCUT2D eigenvalue weighted by Crippen LogP contribution is -2.27. The van der Waals surface area contributed by atoms with Crippen LogP contribution < -0.4 is 5.32 Å². The van der Waals surface area contributed by atoms with Gasteiger partial charge in [-0.1, -0.05) is 26.8 Å². The van der Waals surface area contributed by atoms with E-state index in [2.05, 4.69) is 26.1 Å². The van der Waals surface area contributed by atoms with Crippen LogP contribution in [0.4, 0.5) is 8.78 Å². The van der Waals surface area contributed by atoms with Crippen molar-refractivity contribution < 1.29 is 8.78 Å². The predicted molar refractivity (Wildman–Crippen MR) is 66.9 cm³/mol. The van der Waals surface area contributed by atoms with Gasteiger partial charge in [0.2, 0.25) is 0 Å². The lowest BCUT2D eigenvalue weighted by molar-refractivity contribution is 0.363. The van der Waals surface area contributed by atoms with Crippen molar-refractivity contribution in [1.29, 1.82) is 0 Å². The molecule has 0 aromatic heterocycles. The summed E-state index contributed by atoms with van der Waals surface area (Å²) in [5.74, 6) is -0.572. The topological polar surface area (TPSA) is 12.0 Å². The lowest BCUT2D eigenvalue weighted by atomic mass is 9.89. The van der Waals surface area contributed by atoms with Gasteiger partial charge in [0.25, 0.3) is 0 Å². The second kappa shape index (κ2) is 6.70. The monoisotopic (exact) mass is 241 g/mol. The van der Waals surface area contributed by atoms with Crippen LogP contribution in [-0.4, -0.2) is 13.1 Å². The van der Waals surface area contributed by atoms with Gasteiger partial charge in [0.15, 0.2) is 11.6 Å². The van der Waals surface area contributed by atoms with E-state index in [1.54, 1.807) is 6.07 Å². The van der Waals surface area contributed by atoms with Crippen LogP contribution in [0.5, 0.6) is 0 Å². The fourth-order valence-electron chi connectivity index (χ4n) is 1.84. The average molecular weight is 241 g/mol. The lowest BCUT2D eigenvalue weighted by Gasteiger charge is -2.21. The minimum absolute atomic E-state index is 0.444. The maximum atomic E-state index is 13.1. The van der Waals surface area contributed by atoms with Crippen LogP contribution >= 0.6 is 0 Å². The highest BCUT2D eigenvalue weighted by molar-refractivity contribution is 5.18. The molecule has 0 heterocycles. The van der Waals surface area contributed by atoms with Crippen LogP contribution in [-0.2, 0) is 6.42 Å². The fraction of sp³-hybridized carbons (Fsp3) is 0.571. The summed E-state index contributed by atoms with van der Waals surface area (Å²) < 4.78 is 25.9. The minimum Gasteiger partial charge on any atom is -0.317 e. The summed E-state index contributed by atoms with van der Waals surface area (Å²) in [6, 6.07) is 4.17. The van der Waals surface area contributed by atoms with Gasteiger partial charge in [0.1, 0.15) is 0 Å². The largest absolute Gasteiger partial charge is 0.317 e. The third-order valence-electron chi connectivity index (χ3n) is 3.08. The molecule has 0 aliphatic carbocycles. The van der Waals surface area contributed by atoms with E-state index in [4.69, 9.17) is 0 Å². The van der Waals surface area contributed by atoms with Gasteiger partial charge in [-0.3, -0.25) is 0 Å². The van der Waals surface area contributed by atoms with Crippen molar-refractivity contribution in [3.8, 4) is 0 Å². The Morgan fingerprint density at radius 2 is 1.88 bits per heavy atom. The molecule has 0 saturated carbocycles. The zero-order chi connectivity index (χ0) is 12.8. The highest BCUT2D eigenvalue weighted by atomic mass is 19.2. The van der Waals surface area contributed by atoms with Crippen LogP contribution in [0.15, 0.2) is 18.2 Å². The molecule has 0 aliphatic heterocycles. The molecule has 0 fully saturated rings. The summed E-state index contributed by atoms with van der Waals surface area (Å²) >= 11 is 0. The van der Waals surface area contributed by atoms with Crippen molar-refractivity contribution in [2.45, 2.75) is 27.2 Å². The van der Waals surface area contributed by atoms with Crippen LogP contribution in [0.25, 0.3) is 0 Å². The quantitative estimate of drug-likeness (QED) is 0.805. The Morgan fingerprint density at radius 1 is 1.18 bits per heavy atom. The Balaban J connectivity index is 2.68. The molecule has 0 saturated heterocycles. The molecule has 1 nitrogen and oxygen atoms in total. The minimum atomic E-state index is -0.776. The first-order chi connectivity index (χ1) is 8.04. The zero-order valence-electron chi connectivity index (χ0n) is 10.8. The first kappa shape index (κ1) is 14.1. The van der Waals surface area contributed by atoms with Crippen molar-refractivity contribution >= 4 is 0 Å². The Hall–Kier alpha value is -0.960. The third kappa shape index (κ3) is 4.43. The molecule has 0 spiro atoms. The average Bonchev–Trinajstić information content (AvgIpc) is 2.28. The van der Waals surface area contributed by atoms with E-state index in [0.717, 1.165) is 25.1 Å². The summed E-state index contributed by atoms with van der Waals surface area (Å²) in [7, 11) is 0. The molecule has 0 amide bonds. The van der Waals surface area contributed by atoms with Crippen molar-refractivity contribution in [1.82, 2.24) is 5.32 Å². The van der Waals surface area contributed by atoms with Crippen LogP contribution in [0.1, 0.15) is 26.3 Å². The van der Waals surface area contributed by atoms with E-state index < -0.39 is 11.6 Å². The van der Waals surface area contributed by atoms with E-state index in [0.29, 0.717) is 11.8 Å². The molecule has 0 aliphatic rings. The molecule has 1 atom stereocenters. The standard InChI is InChI=1S/C14H21F2N/c1-4-17-9-12(10(2)3)7-11-5-6-13(15)14(16)8-11/h5-6,8,10,12,17H,4,7,9H2,1-3H3. The van der Waals surface area contributed by atoms with Gasteiger partial charge in [-0.25, -0.2) is 8.78 Å². The first-order valence-electron chi connectivity index (χ1n) is 6.19. The SMILES string of the molecule is CCNCC(Cc1ccc(F)c(F)c1)C(C)C. The predicted octanol–water partition coefficient (Wildman–Crippen LogP) is 3.39. The maximum absolute atomic E-state index is 13.1. The number of hydrogen-bond acceptors (Lipinski definition) is 1. The van der Waals surface area contributed by atoms with Gasteiger partial charge < -0.3 is 5.32 Å². The van der Waals surface area contributed by atoms with Gasteiger partial charge in [-0.2, -0.15) is 0 Å². The Kier molecular flexibility index (Phi) is 5.56.